The Labute approximate surface area is 220 Å². The van der Waals surface area contributed by atoms with Crippen molar-refractivity contribution in [3.8, 4) is 11.1 Å². The molecule has 0 unspecified atom stereocenters. The molecule has 2 N–H and O–H groups in total. The van der Waals surface area contributed by atoms with Crippen LogP contribution in [-0.2, 0) is 7.05 Å². The highest BCUT2D eigenvalue weighted by Gasteiger charge is 2.24. The number of nitrogens with zero attached hydrogens (tertiary/aromatic N) is 5. The minimum atomic E-state index is -0.626. The molecule has 4 heterocycles. The second-order valence-electron chi connectivity index (χ2n) is 9.96. The van der Waals surface area contributed by atoms with Crippen molar-refractivity contribution in [1.29, 1.82) is 0 Å². The number of hydrogen-bond acceptors (Lipinski definition) is 5. The van der Waals surface area contributed by atoms with E-state index in [-0.39, 0.29) is 22.9 Å². The average Bonchev–Trinajstić information content (AvgIpc) is 3.53. The van der Waals surface area contributed by atoms with E-state index in [2.05, 4.69) is 39.5 Å². The van der Waals surface area contributed by atoms with Crippen LogP contribution >= 0.6 is 0 Å². The lowest BCUT2D eigenvalue weighted by Crippen LogP contribution is -2.47. The van der Waals surface area contributed by atoms with Crippen LogP contribution in [0.5, 0.6) is 0 Å². The van der Waals surface area contributed by atoms with Crippen molar-refractivity contribution in [2.45, 2.75) is 45.2 Å². The van der Waals surface area contributed by atoms with Crippen molar-refractivity contribution in [1.82, 2.24) is 29.4 Å². The molecule has 0 bridgehead atoms. The van der Waals surface area contributed by atoms with Gasteiger partial charge in [-0.2, -0.15) is 5.10 Å². The lowest BCUT2D eigenvalue weighted by atomic mass is 9.98. The molecule has 0 spiro atoms. The molecule has 1 fully saturated rings. The van der Waals surface area contributed by atoms with E-state index < -0.39 is 11.7 Å². The van der Waals surface area contributed by atoms with E-state index in [1.54, 1.807) is 21.5 Å². The largest absolute Gasteiger partial charge is 0.351 e. The van der Waals surface area contributed by atoms with Gasteiger partial charge in [0.1, 0.15) is 17.2 Å². The molecule has 0 aliphatic carbocycles. The Morgan fingerprint density at radius 3 is 2.58 bits per heavy atom. The number of amides is 2. The number of hydrogen-bond donors (Lipinski definition) is 2. The number of carbonyl (C=O) groups is 2. The highest BCUT2D eigenvalue weighted by Crippen LogP contribution is 2.23. The molecule has 198 valence electrons. The molecule has 2 amide bonds. The first-order chi connectivity index (χ1) is 18.3. The van der Waals surface area contributed by atoms with Gasteiger partial charge in [-0.25, -0.2) is 9.37 Å². The van der Waals surface area contributed by atoms with Crippen LogP contribution in [0.1, 0.15) is 54.0 Å². The summed E-state index contributed by atoms with van der Waals surface area (Å²) in [6.07, 6.45) is 10.4. The minimum absolute atomic E-state index is 0.0668. The third-order valence-electron chi connectivity index (χ3n) is 7.29. The van der Waals surface area contributed by atoms with Gasteiger partial charge in [0, 0.05) is 55.7 Å². The standard InChI is InChI=1S/C28H32FN7O2/c1-18-5-4-6-19(2)35(18)12-10-30-27(37)21-7-8-23(29)24(13-21)33-28(38)25-16-31-26-14-20(9-11-36(25)26)22-15-32-34(3)17-22/h7-9,11,13-19H,4-6,10,12H2,1-3H3,(H,30,37)(H,33,38)/t18-,19+. The van der Waals surface area contributed by atoms with Crippen LogP contribution in [0.3, 0.4) is 0 Å². The van der Waals surface area contributed by atoms with Gasteiger partial charge in [0.25, 0.3) is 11.8 Å². The SMILES string of the molecule is C[C@@H]1CCC[C@H](C)N1CCNC(=O)c1ccc(F)c(NC(=O)c2cnc3cc(-c4cnn(C)c4)ccn23)c1. The number of rotatable bonds is 7. The highest BCUT2D eigenvalue weighted by molar-refractivity contribution is 6.04. The summed E-state index contributed by atoms with van der Waals surface area (Å²) >= 11 is 0. The number of nitrogens with one attached hydrogen (secondary N) is 2. The van der Waals surface area contributed by atoms with Gasteiger partial charge in [0.05, 0.1) is 18.1 Å². The van der Waals surface area contributed by atoms with Gasteiger partial charge in [-0.05, 0) is 62.6 Å². The molecule has 4 aromatic rings. The minimum Gasteiger partial charge on any atom is -0.351 e. The molecule has 9 nitrogen and oxygen atoms in total. The van der Waals surface area contributed by atoms with Crippen molar-refractivity contribution < 1.29 is 14.0 Å². The quantitative estimate of drug-likeness (QED) is 0.385. The molecular formula is C28H32FN7O2. The first kappa shape index (κ1) is 25.6. The van der Waals surface area contributed by atoms with E-state index in [0.29, 0.717) is 24.3 Å². The van der Waals surface area contributed by atoms with E-state index in [9.17, 15) is 14.0 Å². The van der Waals surface area contributed by atoms with E-state index >= 15 is 0 Å². The second-order valence-corrected chi connectivity index (χ2v) is 9.96. The molecule has 10 heteroatoms. The topological polar surface area (TPSA) is 96.6 Å². The van der Waals surface area contributed by atoms with Crippen LogP contribution in [0.4, 0.5) is 10.1 Å². The second kappa shape index (κ2) is 10.7. The lowest BCUT2D eigenvalue weighted by Gasteiger charge is -2.39. The summed E-state index contributed by atoms with van der Waals surface area (Å²) in [6.45, 7) is 5.69. The van der Waals surface area contributed by atoms with Crippen LogP contribution in [-0.4, -0.2) is 61.1 Å². The Morgan fingerprint density at radius 2 is 1.84 bits per heavy atom. The predicted octanol–water partition coefficient (Wildman–Crippen LogP) is 4.12. The van der Waals surface area contributed by atoms with E-state index in [4.69, 9.17) is 0 Å². The van der Waals surface area contributed by atoms with Crippen LogP contribution in [0.2, 0.25) is 0 Å². The Hall–Kier alpha value is -4.05. The molecule has 1 saturated heterocycles. The normalized spacial score (nSPS) is 18.0. The van der Waals surface area contributed by atoms with Gasteiger partial charge in [0.2, 0.25) is 0 Å². The first-order valence-corrected chi connectivity index (χ1v) is 12.9. The molecule has 2 atom stereocenters. The maximum atomic E-state index is 14.6. The Morgan fingerprint density at radius 1 is 1.05 bits per heavy atom. The number of anilines is 1. The maximum Gasteiger partial charge on any atom is 0.274 e. The van der Waals surface area contributed by atoms with Crippen LogP contribution < -0.4 is 10.6 Å². The maximum absolute atomic E-state index is 14.6. The van der Waals surface area contributed by atoms with E-state index in [0.717, 1.165) is 30.5 Å². The Balaban J connectivity index is 1.26. The number of piperidine rings is 1. The molecule has 5 rings (SSSR count). The highest BCUT2D eigenvalue weighted by atomic mass is 19.1. The third-order valence-corrected chi connectivity index (χ3v) is 7.29. The number of benzene rings is 1. The fourth-order valence-corrected chi connectivity index (χ4v) is 5.16. The van der Waals surface area contributed by atoms with Gasteiger partial charge < -0.3 is 10.6 Å². The Bertz CT molecular complexity index is 1470. The number of aryl methyl sites for hydroxylation is 1. The van der Waals surface area contributed by atoms with E-state index in [1.807, 2.05) is 25.4 Å². The summed E-state index contributed by atoms with van der Waals surface area (Å²) in [5, 5.41) is 9.70. The first-order valence-electron chi connectivity index (χ1n) is 12.9. The number of pyridine rings is 1. The molecule has 1 aliphatic heterocycles. The molecular weight excluding hydrogens is 485 g/mol. The molecule has 38 heavy (non-hydrogen) atoms. The zero-order valence-electron chi connectivity index (χ0n) is 21.8. The smallest absolute Gasteiger partial charge is 0.274 e. The van der Waals surface area contributed by atoms with Gasteiger partial charge in [-0.15, -0.1) is 0 Å². The fourth-order valence-electron chi connectivity index (χ4n) is 5.16. The van der Waals surface area contributed by atoms with Crippen LogP contribution in [0.25, 0.3) is 16.8 Å². The molecule has 1 aromatic carbocycles. The predicted molar refractivity (Wildman–Crippen MR) is 144 cm³/mol. The summed E-state index contributed by atoms with van der Waals surface area (Å²) in [5.41, 5.74) is 2.88. The molecule has 1 aliphatic rings. The number of aromatic nitrogens is 4. The summed E-state index contributed by atoms with van der Waals surface area (Å²) < 4.78 is 17.9. The van der Waals surface area contributed by atoms with Crippen molar-refractivity contribution in [2.75, 3.05) is 18.4 Å². The van der Waals surface area contributed by atoms with Crippen molar-refractivity contribution >= 4 is 23.1 Å². The number of likely N-dealkylation sites (tertiary alicyclic amines) is 1. The zero-order chi connectivity index (χ0) is 26.8. The number of imidazole rings is 1. The van der Waals surface area contributed by atoms with Gasteiger partial charge in [-0.3, -0.25) is 23.6 Å². The fraction of sp³-hybridized carbons (Fsp3) is 0.357. The average molecular weight is 518 g/mol. The van der Waals surface area contributed by atoms with Gasteiger partial charge >= 0.3 is 0 Å². The molecule has 0 saturated carbocycles. The molecule has 0 radical (unpaired) electrons. The monoisotopic (exact) mass is 517 g/mol. The number of fused-ring (bicyclic) bond motifs is 1. The summed E-state index contributed by atoms with van der Waals surface area (Å²) in [5.74, 6) is -1.47. The zero-order valence-corrected chi connectivity index (χ0v) is 21.8. The third kappa shape index (κ3) is 5.31. The Kier molecular flexibility index (Phi) is 7.24. The lowest BCUT2D eigenvalue weighted by molar-refractivity contribution is 0.0888. The van der Waals surface area contributed by atoms with Gasteiger partial charge in [0.15, 0.2) is 0 Å². The van der Waals surface area contributed by atoms with Crippen molar-refractivity contribution in [3.05, 3.63) is 72.2 Å². The number of carbonyl (C=O) groups excluding carboxylic acids is 2. The van der Waals surface area contributed by atoms with Crippen LogP contribution in [0.15, 0.2) is 55.1 Å². The van der Waals surface area contributed by atoms with E-state index in [1.165, 1.54) is 30.8 Å². The van der Waals surface area contributed by atoms with Crippen molar-refractivity contribution in [2.24, 2.45) is 7.05 Å². The summed E-state index contributed by atoms with van der Waals surface area (Å²) in [6, 6.07) is 8.66. The molecule has 3 aromatic heterocycles. The summed E-state index contributed by atoms with van der Waals surface area (Å²) in [4.78, 5) is 32.5. The van der Waals surface area contributed by atoms with Crippen LogP contribution in [0, 0.1) is 5.82 Å². The van der Waals surface area contributed by atoms with Gasteiger partial charge in [-0.1, -0.05) is 6.42 Å². The van der Waals surface area contributed by atoms with Crippen molar-refractivity contribution in [3.63, 3.8) is 0 Å². The number of halogens is 1. The summed E-state index contributed by atoms with van der Waals surface area (Å²) in [7, 11) is 1.84.